The van der Waals surface area contributed by atoms with Gasteiger partial charge in [0.2, 0.25) is 5.88 Å². The van der Waals surface area contributed by atoms with E-state index in [0.717, 1.165) is 0 Å². The van der Waals surface area contributed by atoms with Gasteiger partial charge in [0.1, 0.15) is 16.2 Å². The van der Waals surface area contributed by atoms with Gasteiger partial charge in [-0.15, -0.1) is 0 Å². The van der Waals surface area contributed by atoms with E-state index in [4.69, 9.17) is 4.74 Å². The number of nitrogens with one attached hydrogen (secondary N) is 1. The number of hydrogen-bond donors (Lipinski definition) is 1. The van der Waals surface area contributed by atoms with E-state index in [1.165, 1.54) is 30.0 Å². The summed E-state index contributed by atoms with van der Waals surface area (Å²) in [5.41, 5.74) is 2.64. The van der Waals surface area contributed by atoms with Gasteiger partial charge < -0.3 is 4.74 Å². The van der Waals surface area contributed by atoms with Crippen molar-refractivity contribution in [3.05, 3.63) is 76.7 Å². The van der Waals surface area contributed by atoms with Gasteiger partial charge in [0.25, 0.3) is 15.6 Å². The molecule has 0 saturated heterocycles. The molecular formula is C21H19N5O4S. The average Bonchev–Trinajstić information content (AvgIpc) is 2.76. The van der Waals surface area contributed by atoms with Gasteiger partial charge in [-0.1, -0.05) is 0 Å². The fourth-order valence-electron chi connectivity index (χ4n) is 3.14. The minimum atomic E-state index is -3.92. The van der Waals surface area contributed by atoms with Crippen LogP contribution in [0.15, 0.2) is 64.8 Å². The first-order valence-electron chi connectivity index (χ1n) is 9.27. The molecule has 0 unspecified atom stereocenters. The Kier molecular flexibility index (Phi) is 5.15. The average molecular weight is 437 g/mol. The van der Waals surface area contributed by atoms with Gasteiger partial charge in [-0.05, 0) is 44.2 Å². The molecular weight excluding hydrogens is 418 g/mol. The van der Waals surface area contributed by atoms with Crippen LogP contribution >= 0.6 is 0 Å². The Bertz CT molecular complexity index is 1460. The highest BCUT2D eigenvalue weighted by Crippen LogP contribution is 2.30. The van der Waals surface area contributed by atoms with Gasteiger partial charge >= 0.3 is 0 Å². The Balaban J connectivity index is 1.80. The first kappa shape index (κ1) is 20.5. The summed E-state index contributed by atoms with van der Waals surface area (Å²) < 4.78 is 35.0. The third-order valence-corrected chi connectivity index (χ3v) is 6.24. The van der Waals surface area contributed by atoms with Crippen LogP contribution in [0.4, 0.5) is 5.69 Å². The van der Waals surface area contributed by atoms with Crippen molar-refractivity contribution in [1.82, 2.24) is 19.4 Å². The van der Waals surface area contributed by atoms with Gasteiger partial charge in [0.15, 0.2) is 0 Å². The number of sulfonamides is 1. The molecule has 0 atom stereocenters. The lowest BCUT2D eigenvalue weighted by atomic mass is 10.1. The van der Waals surface area contributed by atoms with Crippen molar-refractivity contribution in [3.63, 3.8) is 0 Å². The van der Waals surface area contributed by atoms with Crippen LogP contribution in [0.3, 0.4) is 0 Å². The van der Waals surface area contributed by atoms with Crippen LogP contribution in [0.2, 0.25) is 0 Å². The summed E-state index contributed by atoms with van der Waals surface area (Å²) in [6.45, 7) is 3.31. The molecule has 0 fully saturated rings. The number of ether oxygens (including phenoxy) is 1. The van der Waals surface area contributed by atoms with Gasteiger partial charge in [-0.25, -0.2) is 18.4 Å². The van der Waals surface area contributed by atoms with E-state index in [-0.39, 0.29) is 22.0 Å². The van der Waals surface area contributed by atoms with Crippen molar-refractivity contribution >= 4 is 21.4 Å². The van der Waals surface area contributed by atoms with Gasteiger partial charge in [-0.3, -0.25) is 18.9 Å². The Hall–Kier alpha value is -3.79. The molecule has 31 heavy (non-hydrogen) atoms. The van der Waals surface area contributed by atoms with E-state index in [0.29, 0.717) is 28.0 Å². The maximum Gasteiger partial charge on any atom is 0.263 e. The third kappa shape index (κ3) is 3.84. The van der Waals surface area contributed by atoms with Crippen LogP contribution in [0, 0.1) is 13.8 Å². The van der Waals surface area contributed by atoms with Crippen LogP contribution in [0.5, 0.6) is 5.88 Å². The van der Waals surface area contributed by atoms with Crippen molar-refractivity contribution < 1.29 is 13.2 Å². The summed E-state index contributed by atoms with van der Waals surface area (Å²) in [6, 6.07) is 8.12. The lowest BCUT2D eigenvalue weighted by Crippen LogP contribution is -2.17. The normalized spacial score (nSPS) is 11.5. The molecule has 158 valence electrons. The summed E-state index contributed by atoms with van der Waals surface area (Å²) in [5, 5.41) is 0. The maximum absolute atomic E-state index is 12.9. The first-order chi connectivity index (χ1) is 14.8. The predicted octanol–water partition coefficient (Wildman–Crippen LogP) is 2.58. The van der Waals surface area contributed by atoms with Crippen molar-refractivity contribution in [1.29, 1.82) is 0 Å². The fraction of sp³-hybridized carbons (Fsp3) is 0.143. The lowest BCUT2D eigenvalue weighted by molar-refractivity contribution is 0.400. The topological polar surface area (TPSA) is 116 Å². The molecule has 10 heteroatoms. The molecule has 4 aromatic heterocycles. The van der Waals surface area contributed by atoms with Crippen molar-refractivity contribution in [2.75, 3.05) is 11.8 Å². The summed E-state index contributed by atoms with van der Waals surface area (Å²) in [6.07, 6.45) is 6.24. The molecule has 1 N–H and O–H groups in total. The molecule has 4 aromatic rings. The molecule has 0 saturated carbocycles. The Morgan fingerprint density at radius 3 is 2.58 bits per heavy atom. The number of hydrogen-bond acceptors (Lipinski definition) is 7. The SMILES string of the molecule is COc1ncc(-c2ccc3ncc(C)c(=O)n3c2)cc1NS(=O)(=O)c1cccnc1C. The second-order valence-electron chi connectivity index (χ2n) is 6.87. The summed E-state index contributed by atoms with van der Waals surface area (Å²) in [4.78, 5) is 25.0. The van der Waals surface area contributed by atoms with Crippen LogP contribution in [0.25, 0.3) is 16.8 Å². The van der Waals surface area contributed by atoms with Crippen LogP contribution in [0.1, 0.15) is 11.3 Å². The van der Waals surface area contributed by atoms with Crippen molar-refractivity contribution in [2.45, 2.75) is 18.7 Å². The second-order valence-corrected chi connectivity index (χ2v) is 8.52. The molecule has 0 spiro atoms. The highest BCUT2D eigenvalue weighted by atomic mass is 32.2. The minimum absolute atomic E-state index is 0.0567. The second kappa shape index (κ2) is 7.80. The third-order valence-electron chi connectivity index (χ3n) is 4.74. The number of aromatic nitrogens is 4. The summed E-state index contributed by atoms with van der Waals surface area (Å²) in [7, 11) is -2.52. The molecule has 0 aliphatic carbocycles. The van der Waals surface area contributed by atoms with E-state index in [2.05, 4.69) is 19.7 Å². The molecule has 9 nitrogen and oxygen atoms in total. The zero-order valence-electron chi connectivity index (χ0n) is 17.0. The molecule has 0 amide bonds. The van der Waals surface area contributed by atoms with Crippen LogP contribution in [-0.2, 0) is 10.0 Å². The largest absolute Gasteiger partial charge is 0.480 e. The number of nitrogens with zero attached hydrogens (tertiary/aromatic N) is 4. The van der Waals surface area contributed by atoms with Gasteiger partial charge in [0, 0.05) is 41.5 Å². The van der Waals surface area contributed by atoms with Crippen molar-refractivity contribution in [2.24, 2.45) is 0 Å². The maximum atomic E-state index is 12.9. The standard InChI is InChI=1S/C21H19N5O4S/c1-13-10-23-19-7-6-15(12-26(19)21(13)27)16-9-17(20(30-3)24-11-16)25-31(28,29)18-5-4-8-22-14(18)2/h4-12,25H,1-3H3. The fourth-order valence-corrected chi connectivity index (χ4v) is 4.38. The smallest absolute Gasteiger partial charge is 0.263 e. The highest BCUT2D eigenvalue weighted by Gasteiger charge is 2.20. The number of rotatable bonds is 5. The first-order valence-corrected chi connectivity index (χ1v) is 10.8. The number of methoxy groups -OCH3 is 1. The van der Waals surface area contributed by atoms with Crippen molar-refractivity contribution in [3.8, 4) is 17.0 Å². The number of aryl methyl sites for hydroxylation is 2. The van der Waals surface area contributed by atoms with E-state index in [1.807, 2.05) is 0 Å². The molecule has 0 aliphatic heterocycles. The summed E-state index contributed by atoms with van der Waals surface area (Å²) in [5.74, 6) is 0.115. The van der Waals surface area contributed by atoms with Gasteiger partial charge in [-0.2, -0.15) is 0 Å². The number of pyridine rings is 3. The predicted molar refractivity (Wildman–Crippen MR) is 116 cm³/mol. The zero-order chi connectivity index (χ0) is 22.2. The van der Waals surface area contributed by atoms with Crippen LogP contribution < -0.4 is 15.0 Å². The Morgan fingerprint density at radius 1 is 1.03 bits per heavy atom. The van der Waals surface area contributed by atoms with Crippen LogP contribution in [-0.4, -0.2) is 34.9 Å². The molecule has 0 aromatic carbocycles. The number of fused-ring (bicyclic) bond motifs is 1. The van der Waals surface area contributed by atoms with E-state index in [9.17, 15) is 13.2 Å². The van der Waals surface area contributed by atoms with E-state index in [1.54, 1.807) is 50.5 Å². The van der Waals surface area contributed by atoms with E-state index >= 15 is 0 Å². The molecule has 0 aliphatic rings. The minimum Gasteiger partial charge on any atom is -0.480 e. The molecule has 4 heterocycles. The summed E-state index contributed by atoms with van der Waals surface area (Å²) >= 11 is 0. The molecule has 0 bridgehead atoms. The number of anilines is 1. The highest BCUT2D eigenvalue weighted by molar-refractivity contribution is 7.92. The molecule has 4 rings (SSSR count). The quantitative estimate of drug-likeness (QED) is 0.510. The van der Waals surface area contributed by atoms with Gasteiger partial charge in [0.05, 0.1) is 12.8 Å². The lowest BCUT2D eigenvalue weighted by Gasteiger charge is -2.14. The Morgan fingerprint density at radius 2 is 1.84 bits per heavy atom. The monoisotopic (exact) mass is 437 g/mol. The Labute approximate surface area is 178 Å². The molecule has 0 radical (unpaired) electrons. The zero-order valence-corrected chi connectivity index (χ0v) is 17.8. The van der Waals surface area contributed by atoms with E-state index < -0.39 is 10.0 Å².